The molecule has 0 aromatic heterocycles. The number of aromatic hydroxyl groups is 1. The summed E-state index contributed by atoms with van der Waals surface area (Å²) >= 11 is 0. The lowest BCUT2D eigenvalue weighted by molar-refractivity contribution is 0.0696. The molecule has 0 aliphatic rings. The fourth-order valence-electron chi connectivity index (χ4n) is 1.91. The van der Waals surface area contributed by atoms with Crippen molar-refractivity contribution in [1.29, 1.82) is 0 Å². The zero-order chi connectivity index (χ0) is 14.7. The van der Waals surface area contributed by atoms with Gasteiger partial charge in [-0.05, 0) is 30.3 Å². The minimum Gasteiger partial charge on any atom is -0.508 e. The molecule has 2 N–H and O–H groups in total. The average Bonchev–Trinajstić information content (AvgIpc) is 2.41. The van der Waals surface area contributed by atoms with Crippen molar-refractivity contribution in [2.45, 2.75) is 6.54 Å². The third-order valence-electron chi connectivity index (χ3n) is 2.97. The molecule has 0 aliphatic carbocycles. The van der Waals surface area contributed by atoms with Gasteiger partial charge in [0, 0.05) is 30.9 Å². The number of carbonyl (C=O) groups is 1. The van der Waals surface area contributed by atoms with Crippen molar-refractivity contribution >= 4 is 11.7 Å². The number of nitrogens with zero attached hydrogens (tertiary/aromatic N) is 1. The topological polar surface area (TPSA) is 60.8 Å². The highest BCUT2D eigenvalue weighted by Gasteiger charge is 2.11. The van der Waals surface area contributed by atoms with E-state index in [0.717, 1.165) is 6.07 Å². The predicted molar refractivity (Wildman–Crippen MR) is 73.6 cm³/mol. The Bertz CT molecular complexity index is 643. The third kappa shape index (κ3) is 3.06. The quantitative estimate of drug-likeness (QED) is 0.900. The SMILES string of the molecule is CN(Cc1cc(C(=O)O)ccc1F)c1cccc(O)c1. The summed E-state index contributed by atoms with van der Waals surface area (Å²) < 4.78 is 13.7. The van der Waals surface area contributed by atoms with Crippen LogP contribution in [0.25, 0.3) is 0 Å². The fourth-order valence-corrected chi connectivity index (χ4v) is 1.91. The molecule has 0 aliphatic heterocycles. The summed E-state index contributed by atoms with van der Waals surface area (Å²) in [5.41, 5.74) is 1.05. The predicted octanol–water partition coefficient (Wildman–Crippen LogP) is 2.87. The summed E-state index contributed by atoms with van der Waals surface area (Å²) in [6, 6.07) is 10.3. The summed E-state index contributed by atoms with van der Waals surface area (Å²) in [4.78, 5) is 12.6. The van der Waals surface area contributed by atoms with Crippen molar-refractivity contribution in [1.82, 2.24) is 0 Å². The van der Waals surface area contributed by atoms with Crippen LogP contribution in [-0.2, 0) is 6.54 Å². The van der Waals surface area contributed by atoms with Crippen molar-refractivity contribution in [2.24, 2.45) is 0 Å². The Hall–Kier alpha value is -2.56. The van der Waals surface area contributed by atoms with Gasteiger partial charge in [0.25, 0.3) is 0 Å². The van der Waals surface area contributed by atoms with Gasteiger partial charge in [-0.25, -0.2) is 9.18 Å². The summed E-state index contributed by atoms with van der Waals surface area (Å²) in [6.07, 6.45) is 0. The number of halogens is 1. The highest BCUT2D eigenvalue weighted by molar-refractivity contribution is 5.87. The largest absolute Gasteiger partial charge is 0.508 e. The molecule has 4 nitrogen and oxygen atoms in total. The lowest BCUT2D eigenvalue weighted by atomic mass is 10.1. The molecule has 20 heavy (non-hydrogen) atoms. The number of phenolic OH excluding ortho intramolecular Hbond substituents is 1. The van der Waals surface area contributed by atoms with Gasteiger partial charge in [0.1, 0.15) is 11.6 Å². The number of carboxylic acid groups (broad SMARTS) is 1. The monoisotopic (exact) mass is 275 g/mol. The van der Waals surface area contributed by atoms with Crippen LogP contribution in [0.5, 0.6) is 5.75 Å². The van der Waals surface area contributed by atoms with E-state index in [4.69, 9.17) is 5.11 Å². The number of carboxylic acids is 1. The second-order valence-corrected chi connectivity index (χ2v) is 4.49. The number of rotatable bonds is 4. The van der Waals surface area contributed by atoms with E-state index in [1.807, 2.05) is 0 Å². The Morgan fingerprint density at radius 3 is 2.65 bits per heavy atom. The highest BCUT2D eigenvalue weighted by atomic mass is 19.1. The molecular formula is C15H14FNO3. The van der Waals surface area contributed by atoms with Crippen molar-refractivity contribution < 1.29 is 19.4 Å². The highest BCUT2D eigenvalue weighted by Crippen LogP contribution is 2.21. The van der Waals surface area contributed by atoms with Gasteiger partial charge in [-0.3, -0.25) is 0 Å². The van der Waals surface area contributed by atoms with Crippen LogP contribution in [0.3, 0.4) is 0 Å². The smallest absolute Gasteiger partial charge is 0.335 e. The maximum absolute atomic E-state index is 13.7. The van der Waals surface area contributed by atoms with Crippen molar-refractivity contribution in [3.05, 3.63) is 59.4 Å². The molecule has 0 bridgehead atoms. The van der Waals surface area contributed by atoms with Gasteiger partial charge >= 0.3 is 5.97 Å². The molecule has 2 aromatic rings. The molecule has 0 radical (unpaired) electrons. The Kier molecular flexibility index (Phi) is 3.89. The Morgan fingerprint density at radius 1 is 1.25 bits per heavy atom. The second-order valence-electron chi connectivity index (χ2n) is 4.49. The lowest BCUT2D eigenvalue weighted by Gasteiger charge is -2.20. The standard InChI is InChI=1S/C15H14FNO3/c1-17(12-3-2-4-13(18)8-12)9-11-7-10(15(19)20)5-6-14(11)16/h2-8,18H,9H2,1H3,(H,19,20). The fraction of sp³-hybridized carbons (Fsp3) is 0.133. The summed E-state index contributed by atoms with van der Waals surface area (Å²) in [7, 11) is 1.74. The van der Waals surface area contributed by atoms with Crippen LogP contribution in [-0.4, -0.2) is 23.2 Å². The van der Waals surface area contributed by atoms with Gasteiger partial charge < -0.3 is 15.1 Å². The van der Waals surface area contributed by atoms with Crippen LogP contribution in [0.15, 0.2) is 42.5 Å². The molecule has 0 unspecified atom stereocenters. The van der Waals surface area contributed by atoms with E-state index < -0.39 is 11.8 Å². The molecule has 0 heterocycles. The number of phenols is 1. The zero-order valence-corrected chi connectivity index (χ0v) is 10.9. The molecule has 0 spiro atoms. The maximum Gasteiger partial charge on any atom is 0.335 e. The minimum absolute atomic E-state index is 0.0470. The maximum atomic E-state index is 13.7. The average molecular weight is 275 g/mol. The number of anilines is 1. The van der Waals surface area contributed by atoms with Gasteiger partial charge in [0.15, 0.2) is 0 Å². The summed E-state index contributed by atoms with van der Waals surface area (Å²) in [5, 5.41) is 18.3. The molecule has 0 amide bonds. The number of hydrogen-bond acceptors (Lipinski definition) is 3. The van der Waals surface area contributed by atoms with E-state index in [-0.39, 0.29) is 23.4 Å². The van der Waals surface area contributed by atoms with E-state index in [0.29, 0.717) is 5.69 Å². The summed E-state index contributed by atoms with van der Waals surface area (Å²) in [6.45, 7) is 0.205. The van der Waals surface area contributed by atoms with Crippen LogP contribution in [0.4, 0.5) is 10.1 Å². The van der Waals surface area contributed by atoms with E-state index in [9.17, 15) is 14.3 Å². The molecule has 2 aromatic carbocycles. The normalized spacial score (nSPS) is 10.3. The molecule has 0 saturated heterocycles. The lowest BCUT2D eigenvalue weighted by Crippen LogP contribution is -2.17. The number of hydrogen-bond donors (Lipinski definition) is 2. The first-order chi connectivity index (χ1) is 9.47. The van der Waals surface area contributed by atoms with Crippen LogP contribution in [0.1, 0.15) is 15.9 Å². The van der Waals surface area contributed by atoms with Crippen LogP contribution in [0, 0.1) is 5.82 Å². The first-order valence-electron chi connectivity index (χ1n) is 5.99. The third-order valence-corrected chi connectivity index (χ3v) is 2.97. The number of benzene rings is 2. The van der Waals surface area contributed by atoms with Crippen LogP contribution >= 0.6 is 0 Å². The summed E-state index contributed by atoms with van der Waals surface area (Å²) in [5.74, 6) is -1.43. The zero-order valence-electron chi connectivity index (χ0n) is 10.9. The first-order valence-corrected chi connectivity index (χ1v) is 5.99. The van der Waals surface area contributed by atoms with Crippen molar-refractivity contribution in [2.75, 3.05) is 11.9 Å². The molecule has 0 atom stereocenters. The van der Waals surface area contributed by atoms with E-state index in [2.05, 4.69) is 0 Å². The van der Waals surface area contributed by atoms with Gasteiger partial charge in [-0.2, -0.15) is 0 Å². The Balaban J connectivity index is 2.25. The molecule has 5 heteroatoms. The molecule has 0 fully saturated rings. The Morgan fingerprint density at radius 2 is 2.00 bits per heavy atom. The molecule has 2 rings (SSSR count). The second kappa shape index (κ2) is 5.61. The van der Waals surface area contributed by atoms with Crippen LogP contribution < -0.4 is 4.90 Å². The molecule has 104 valence electrons. The first kappa shape index (κ1) is 13.9. The van der Waals surface area contributed by atoms with E-state index in [1.165, 1.54) is 12.1 Å². The molecular weight excluding hydrogens is 261 g/mol. The molecule has 0 saturated carbocycles. The van der Waals surface area contributed by atoms with E-state index in [1.54, 1.807) is 36.2 Å². The Labute approximate surface area is 115 Å². The number of aromatic carboxylic acids is 1. The van der Waals surface area contributed by atoms with Gasteiger partial charge in [-0.1, -0.05) is 6.07 Å². The van der Waals surface area contributed by atoms with Crippen LogP contribution in [0.2, 0.25) is 0 Å². The van der Waals surface area contributed by atoms with Gasteiger partial charge in [0.05, 0.1) is 5.56 Å². The van der Waals surface area contributed by atoms with Gasteiger partial charge in [0.2, 0.25) is 0 Å². The minimum atomic E-state index is -1.09. The van der Waals surface area contributed by atoms with Crippen molar-refractivity contribution in [3.8, 4) is 5.75 Å². The van der Waals surface area contributed by atoms with E-state index >= 15 is 0 Å². The van der Waals surface area contributed by atoms with Gasteiger partial charge in [-0.15, -0.1) is 0 Å². The van der Waals surface area contributed by atoms with Crippen molar-refractivity contribution in [3.63, 3.8) is 0 Å².